The molecule has 3 aromatic rings. The predicted octanol–water partition coefficient (Wildman–Crippen LogP) is 2.36. The van der Waals surface area contributed by atoms with Crippen molar-refractivity contribution < 1.29 is 4.79 Å². The van der Waals surface area contributed by atoms with Gasteiger partial charge in [0.1, 0.15) is 18.5 Å². The summed E-state index contributed by atoms with van der Waals surface area (Å²) in [5, 5.41) is 11.6. The van der Waals surface area contributed by atoms with Gasteiger partial charge in [0, 0.05) is 12.0 Å². The van der Waals surface area contributed by atoms with Crippen LogP contribution in [0.3, 0.4) is 0 Å². The lowest BCUT2D eigenvalue weighted by Gasteiger charge is -2.10. The highest BCUT2D eigenvalue weighted by atomic mass is 16.1. The Hall–Kier alpha value is -2.96. The van der Waals surface area contributed by atoms with E-state index >= 15 is 0 Å². The molecule has 0 aliphatic carbocycles. The molecule has 0 saturated carbocycles. The van der Waals surface area contributed by atoms with Crippen LogP contribution in [0.4, 0.5) is 5.82 Å². The summed E-state index contributed by atoms with van der Waals surface area (Å²) in [7, 11) is 0. The second-order valence-electron chi connectivity index (χ2n) is 5.48. The van der Waals surface area contributed by atoms with Crippen LogP contribution < -0.4 is 5.32 Å². The third-order valence-corrected chi connectivity index (χ3v) is 3.85. The SMILES string of the molecule is CCc1nn(-c2ccccc2)c(NC(=O)CCn2cncn2)c1C. The number of carbonyl (C=O) groups is 1. The van der Waals surface area contributed by atoms with E-state index in [1.54, 1.807) is 15.7 Å². The Morgan fingerprint density at radius 2 is 2.04 bits per heavy atom. The molecule has 1 aromatic carbocycles. The van der Waals surface area contributed by atoms with E-state index in [-0.39, 0.29) is 5.91 Å². The number of aromatic nitrogens is 5. The number of carbonyl (C=O) groups excluding carboxylic acids is 1. The Kier molecular flexibility index (Phi) is 4.69. The number of benzene rings is 1. The van der Waals surface area contributed by atoms with Crippen LogP contribution in [-0.4, -0.2) is 30.5 Å². The molecular weight excluding hydrogens is 304 g/mol. The largest absolute Gasteiger partial charge is 0.310 e. The highest BCUT2D eigenvalue weighted by Crippen LogP contribution is 2.23. The lowest BCUT2D eigenvalue weighted by molar-refractivity contribution is -0.116. The van der Waals surface area contributed by atoms with E-state index in [1.807, 2.05) is 37.3 Å². The molecule has 24 heavy (non-hydrogen) atoms. The average molecular weight is 324 g/mol. The number of rotatable bonds is 6. The minimum Gasteiger partial charge on any atom is -0.310 e. The Morgan fingerprint density at radius 1 is 1.25 bits per heavy atom. The summed E-state index contributed by atoms with van der Waals surface area (Å²) in [4.78, 5) is 16.2. The molecule has 7 nitrogen and oxygen atoms in total. The molecule has 2 heterocycles. The van der Waals surface area contributed by atoms with E-state index in [9.17, 15) is 4.79 Å². The molecule has 0 aliphatic rings. The van der Waals surface area contributed by atoms with Gasteiger partial charge >= 0.3 is 0 Å². The van der Waals surface area contributed by atoms with Gasteiger partial charge in [-0.3, -0.25) is 9.48 Å². The second-order valence-corrected chi connectivity index (χ2v) is 5.48. The fraction of sp³-hybridized carbons (Fsp3) is 0.294. The summed E-state index contributed by atoms with van der Waals surface area (Å²) in [6.45, 7) is 4.53. The van der Waals surface area contributed by atoms with E-state index in [0.29, 0.717) is 13.0 Å². The lowest BCUT2D eigenvalue weighted by Crippen LogP contribution is -2.17. The first-order valence-corrected chi connectivity index (χ1v) is 7.95. The first-order chi connectivity index (χ1) is 11.7. The standard InChI is InChI=1S/C17H20N6O/c1-3-15-13(2)17(23(21-15)14-7-5-4-6-8-14)20-16(24)9-10-22-12-18-11-19-22/h4-8,11-12H,3,9-10H2,1-2H3,(H,20,24). The topological polar surface area (TPSA) is 77.6 Å². The van der Waals surface area contributed by atoms with Crippen LogP contribution in [0.1, 0.15) is 24.6 Å². The number of para-hydroxylation sites is 1. The van der Waals surface area contributed by atoms with Crippen LogP contribution in [0.5, 0.6) is 0 Å². The van der Waals surface area contributed by atoms with Crippen molar-refractivity contribution >= 4 is 11.7 Å². The number of aryl methyl sites for hydroxylation is 2. The highest BCUT2D eigenvalue weighted by molar-refractivity contribution is 5.91. The van der Waals surface area contributed by atoms with E-state index in [1.165, 1.54) is 6.33 Å². The molecule has 7 heteroatoms. The summed E-state index contributed by atoms with van der Waals surface area (Å²) in [5.74, 6) is 0.648. The minimum absolute atomic E-state index is 0.0756. The van der Waals surface area contributed by atoms with E-state index in [4.69, 9.17) is 0 Å². The van der Waals surface area contributed by atoms with Crippen LogP contribution >= 0.6 is 0 Å². The molecule has 0 bridgehead atoms. The lowest BCUT2D eigenvalue weighted by atomic mass is 10.2. The fourth-order valence-corrected chi connectivity index (χ4v) is 2.54. The summed E-state index contributed by atoms with van der Waals surface area (Å²) < 4.78 is 3.43. The van der Waals surface area contributed by atoms with Crippen LogP contribution in [0.25, 0.3) is 5.69 Å². The van der Waals surface area contributed by atoms with Gasteiger partial charge in [-0.2, -0.15) is 10.2 Å². The van der Waals surface area contributed by atoms with Crippen LogP contribution in [0.2, 0.25) is 0 Å². The molecule has 0 aliphatic heterocycles. The monoisotopic (exact) mass is 324 g/mol. The molecular formula is C17H20N6O. The first kappa shape index (κ1) is 15.9. The summed E-state index contributed by atoms with van der Waals surface area (Å²) in [6.07, 6.45) is 4.19. The third-order valence-electron chi connectivity index (χ3n) is 3.85. The van der Waals surface area contributed by atoms with Gasteiger partial charge in [-0.25, -0.2) is 9.67 Å². The number of hydrogen-bond donors (Lipinski definition) is 1. The zero-order valence-electron chi connectivity index (χ0n) is 13.8. The molecule has 0 spiro atoms. The van der Waals surface area contributed by atoms with Crippen molar-refractivity contribution in [3.8, 4) is 5.69 Å². The molecule has 0 atom stereocenters. The normalized spacial score (nSPS) is 10.8. The third kappa shape index (κ3) is 3.34. The number of anilines is 1. The molecule has 1 N–H and O–H groups in total. The van der Waals surface area contributed by atoms with Crippen molar-refractivity contribution in [2.45, 2.75) is 33.2 Å². The maximum absolute atomic E-state index is 12.3. The van der Waals surface area contributed by atoms with Crippen molar-refractivity contribution in [2.24, 2.45) is 0 Å². The van der Waals surface area contributed by atoms with Gasteiger partial charge in [0.05, 0.1) is 17.9 Å². The van der Waals surface area contributed by atoms with Gasteiger partial charge in [0.2, 0.25) is 5.91 Å². The molecule has 1 amide bonds. The smallest absolute Gasteiger partial charge is 0.227 e. The Labute approximate surface area is 140 Å². The molecule has 0 radical (unpaired) electrons. The van der Waals surface area contributed by atoms with Crippen molar-refractivity contribution in [1.82, 2.24) is 24.5 Å². The molecule has 124 valence electrons. The number of hydrogen-bond acceptors (Lipinski definition) is 4. The number of nitrogens with one attached hydrogen (secondary N) is 1. The summed E-state index contributed by atoms with van der Waals surface area (Å²) >= 11 is 0. The van der Waals surface area contributed by atoms with Gasteiger partial charge in [0.25, 0.3) is 0 Å². The maximum atomic E-state index is 12.3. The zero-order valence-corrected chi connectivity index (χ0v) is 13.8. The summed E-state index contributed by atoms with van der Waals surface area (Å²) in [6, 6.07) is 9.80. The van der Waals surface area contributed by atoms with Crippen molar-refractivity contribution in [3.05, 3.63) is 54.2 Å². The number of nitrogens with zero attached hydrogens (tertiary/aromatic N) is 5. The van der Waals surface area contributed by atoms with Gasteiger partial charge < -0.3 is 5.32 Å². The van der Waals surface area contributed by atoms with Gasteiger partial charge in [-0.1, -0.05) is 25.1 Å². The van der Waals surface area contributed by atoms with E-state index in [0.717, 1.165) is 29.2 Å². The molecule has 3 rings (SSSR count). The first-order valence-electron chi connectivity index (χ1n) is 7.95. The molecule has 0 saturated heterocycles. The molecule has 0 unspecified atom stereocenters. The average Bonchev–Trinajstić information content (AvgIpc) is 3.23. The predicted molar refractivity (Wildman–Crippen MR) is 90.9 cm³/mol. The Morgan fingerprint density at radius 3 is 2.71 bits per heavy atom. The molecule has 2 aromatic heterocycles. The van der Waals surface area contributed by atoms with Crippen LogP contribution in [0, 0.1) is 6.92 Å². The zero-order chi connectivity index (χ0) is 16.9. The molecule has 0 fully saturated rings. The van der Waals surface area contributed by atoms with E-state index in [2.05, 4.69) is 27.4 Å². The maximum Gasteiger partial charge on any atom is 0.227 e. The Balaban J connectivity index is 1.81. The Bertz CT molecular complexity index is 807. The van der Waals surface area contributed by atoms with Gasteiger partial charge in [0.15, 0.2) is 0 Å². The number of amides is 1. The van der Waals surface area contributed by atoms with Crippen molar-refractivity contribution in [1.29, 1.82) is 0 Å². The van der Waals surface area contributed by atoms with Crippen LogP contribution in [-0.2, 0) is 17.8 Å². The minimum atomic E-state index is -0.0756. The van der Waals surface area contributed by atoms with Crippen molar-refractivity contribution in [2.75, 3.05) is 5.32 Å². The quantitative estimate of drug-likeness (QED) is 0.755. The summed E-state index contributed by atoms with van der Waals surface area (Å²) in [5.41, 5.74) is 2.90. The highest BCUT2D eigenvalue weighted by Gasteiger charge is 2.16. The van der Waals surface area contributed by atoms with Crippen molar-refractivity contribution in [3.63, 3.8) is 0 Å². The van der Waals surface area contributed by atoms with Crippen LogP contribution in [0.15, 0.2) is 43.0 Å². The van der Waals surface area contributed by atoms with Gasteiger partial charge in [-0.15, -0.1) is 0 Å². The van der Waals surface area contributed by atoms with Gasteiger partial charge in [-0.05, 0) is 25.5 Å². The second kappa shape index (κ2) is 7.08. The fourth-order valence-electron chi connectivity index (χ4n) is 2.54. The van der Waals surface area contributed by atoms with E-state index < -0.39 is 0 Å².